The number of carbonyl (C=O) groups is 1. The Morgan fingerprint density at radius 3 is 2.56 bits per heavy atom. The van der Waals surface area contributed by atoms with Crippen LogP contribution in [-0.2, 0) is 17.8 Å². The third-order valence-electron chi connectivity index (χ3n) is 7.06. The number of hydrogen-bond donors (Lipinski definition) is 1. The molecule has 0 radical (unpaired) electrons. The number of nitrogens with one attached hydrogen (secondary N) is 1. The zero-order valence-corrected chi connectivity index (χ0v) is 19.8. The first-order chi connectivity index (χ1) is 16.5. The molecule has 3 heterocycles. The van der Waals surface area contributed by atoms with Crippen molar-refractivity contribution in [2.45, 2.75) is 64.1 Å². The van der Waals surface area contributed by atoms with E-state index in [1.807, 2.05) is 4.90 Å². The summed E-state index contributed by atoms with van der Waals surface area (Å²) in [6, 6.07) is 5.11. The van der Waals surface area contributed by atoms with Gasteiger partial charge in [0.1, 0.15) is 11.9 Å². The number of benzene rings is 1. The van der Waals surface area contributed by atoms with Crippen molar-refractivity contribution in [2.75, 3.05) is 37.0 Å². The van der Waals surface area contributed by atoms with E-state index in [2.05, 4.69) is 10.2 Å². The van der Waals surface area contributed by atoms with Gasteiger partial charge in [0.2, 0.25) is 5.91 Å². The number of hydrogen-bond acceptors (Lipinski definition) is 7. The van der Waals surface area contributed by atoms with Gasteiger partial charge in [-0.3, -0.25) is 4.79 Å². The number of amides is 1. The number of rotatable bonds is 6. The van der Waals surface area contributed by atoms with Gasteiger partial charge in [0, 0.05) is 57.9 Å². The molecule has 1 aromatic heterocycles. The molecule has 2 fully saturated rings. The van der Waals surface area contributed by atoms with Crippen molar-refractivity contribution in [2.24, 2.45) is 0 Å². The summed E-state index contributed by atoms with van der Waals surface area (Å²) in [4.78, 5) is 25.9. The van der Waals surface area contributed by atoms with E-state index < -0.39 is 5.82 Å². The van der Waals surface area contributed by atoms with Gasteiger partial charge in [-0.05, 0) is 31.4 Å². The minimum atomic E-state index is -0.408. The van der Waals surface area contributed by atoms with Crippen LogP contribution in [0, 0.1) is 5.82 Å². The van der Waals surface area contributed by atoms with Gasteiger partial charge < -0.3 is 24.6 Å². The molecule has 2 aliphatic heterocycles. The number of halogens is 1. The summed E-state index contributed by atoms with van der Waals surface area (Å²) in [7, 11) is 1.52. The molecule has 0 unspecified atom stereocenters. The molecule has 1 saturated heterocycles. The highest BCUT2D eigenvalue weighted by Crippen LogP contribution is 2.33. The number of ether oxygens (including phenoxy) is 2. The highest BCUT2D eigenvalue weighted by molar-refractivity contribution is 5.73. The van der Waals surface area contributed by atoms with Crippen molar-refractivity contribution in [3.05, 3.63) is 35.4 Å². The Morgan fingerprint density at radius 2 is 1.91 bits per heavy atom. The molecule has 0 spiro atoms. The first kappa shape index (κ1) is 22.7. The highest BCUT2D eigenvalue weighted by Gasteiger charge is 2.29. The smallest absolute Gasteiger partial charge is 0.219 e. The molecule has 8 nitrogen and oxygen atoms in total. The van der Waals surface area contributed by atoms with E-state index in [-0.39, 0.29) is 17.8 Å². The van der Waals surface area contributed by atoms with Gasteiger partial charge in [-0.25, -0.2) is 14.4 Å². The van der Waals surface area contributed by atoms with Gasteiger partial charge in [0.05, 0.1) is 25.0 Å². The predicted octanol–water partition coefficient (Wildman–Crippen LogP) is 3.54. The van der Waals surface area contributed by atoms with Crippen molar-refractivity contribution >= 4 is 17.5 Å². The second kappa shape index (κ2) is 9.64. The fourth-order valence-corrected chi connectivity index (χ4v) is 4.72. The molecule has 0 bridgehead atoms. The molecule has 5 rings (SSSR count). The van der Waals surface area contributed by atoms with Crippen LogP contribution >= 0.6 is 0 Å². The maximum absolute atomic E-state index is 14.3. The fourth-order valence-electron chi connectivity index (χ4n) is 4.72. The third kappa shape index (κ3) is 4.74. The van der Waals surface area contributed by atoms with Crippen molar-refractivity contribution < 1.29 is 18.7 Å². The van der Waals surface area contributed by atoms with Crippen LogP contribution in [0.3, 0.4) is 0 Å². The quantitative estimate of drug-likeness (QED) is 0.693. The normalized spacial score (nSPS) is 18.8. The monoisotopic (exact) mass is 469 g/mol. The molecular formula is C25H32FN5O3. The van der Waals surface area contributed by atoms with E-state index >= 15 is 0 Å². The average molecular weight is 470 g/mol. The number of anilines is 2. The van der Waals surface area contributed by atoms with Crippen LogP contribution in [0.4, 0.5) is 16.0 Å². The molecule has 182 valence electrons. The Balaban J connectivity index is 1.30. The average Bonchev–Trinajstić information content (AvgIpc) is 2.82. The molecule has 3 aliphatic rings. The van der Waals surface area contributed by atoms with Crippen LogP contribution in [0.2, 0.25) is 0 Å². The summed E-state index contributed by atoms with van der Waals surface area (Å²) in [5.74, 6) is 2.10. The number of nitrogens with zero attached hydrogens (tertiary/aromatic N) is 4. The SMILES string of the molecule is COc1ccc(OC2CCN(c3nc4c(nc3NC3CCC3)CN(C(C)=O)CC4)CC2)c(F)c1. The number of methoxy groups -OCH3 is 1. The summed E-state index contributed by atoms with van der Waals surface area (Å²) < 4.78 is 25.4. The lowest BCUT2D eigenvalue weighted by atomic mass is 9.93. The number of fused-ring (bicyclic) bond motifs is 1. The number of piperidine rings is 1. The van der Waals surface area contributed by atoms with Crippen molar-refractivity contribution in [1.82, 2.24) is 14.9 Å². The minimum Gasteiger partial charge on any atom is -0.497 e. The molecule has 9 heteroatoms. The largest absolute Gasteiger partial charge is 0.497 e. The Bertz CT molecular complexity index is 1050. The van der Waals surface area contributed by atoms with Gasteiger partial charge in [-0.1, -0.05) is 0 Å². The highest BCUT2D eigenvalue weighted by atomic mass is 19.1. The van der Waals surface area contributed by atoms with E-state index in [9.17, 15) is 9.18 Å². The lowest BCUT2D eigenvalue weighted by Gasteiger charge is -2.36. The third-order valence-corrected chi connectivity index (χ3v) is 7.06. The Morgan fingerprint density at radius 1 is 1.12 bits per heavy atom. The van der Waals surface area contributed by atoms with E-state index in [1.165, 1.54) is 19.6 Å². The van der Waals surface area contributed by atoms with Gasteiger partial charge >= 0.3 is 0 Å². The van der Waals surface area contributed by atoms with E-state index in [0.717, 1.165) is 68.2 Å². The van der Waals surface area contributed by atoms with Crippen LogP contribution in [-0.4, -0.2) is 59.7 Å². The molecule has 34 heavy (non-hydrogen) atoms. The van der Waals surface area contributed by atoms with Crippen molar-refractivity contribution in [3.63, 3.8) is 0 Å². The second-order valence-corrected chi connectivity index (χ2v) is 9.35. The van der Waals surface area contributed by atoms with Gasteiger partial charge in [0.25, 0.3) is 0 Å². The van der Waals surface area contributed by atoms with Crippen molar-refractivity contribution in [3.8, 4) is 11.5 Å². The number of aromatic nitrogens is 2. The topological polar surface area (TPSA) is 79.8 Å². The summed E-state index contributed by atoms with van der Waals surface area (Å²) in [5.41, 5.74) is 1.87. The van der Waals surface area contributed by atoms with Crippen LogP contribution in [0.1, 0.15) is 50.4 Å². The summed E-state index contributed by atoms with van der Waals surface area (Å²) >= 11 is 0. The Kier molecular flexibility index (Phi) is 6.43. The van der Waals surface area contributed by atoms with Gasteiger partial charge in [0.15, 0.2) is 23.2 Å². The first-order valence-electron chi connectivity index (χ1n) is 12.2. The summed E-state index contributed by atoms with van der Waals surface area (Å²) in [5, 5.41) is 3.60. The van der Waals surface area contributed by atoms with Crippen molar-refractivity contribution in [1.29, 1.82) is 0 Å². The fraction of sp³-hybridized carbons (Fsp3) is 0.560. The lowest BCUT2D eigenvalue weighted by Crippen LogP contribution is -2.41. The Labute approximate surface area is 199 Å². The Hall–Kier alpha value is -3.10. The van der Waals surface area contributed by atoms with Crippen LogP contribution in [0.5, 0.6) is 11.5 Å². The maximum atomic E-state index is 14.3. The molecule has 1 N–H and O–H groups in total. The van der Waals surface area contributed by atoms with Gasteiger partial charge in [-0.2, -0.15) is 0 Å². The second-order valence-electron chi connectivity index (χ2n) is 9.35. The standard InChI is InChI=1S/C25H32FN5O3/c1-16(32)31-13-10-21-22(15-31)28-24(27-17-4-3-5-17)25(29-21)30-11-8-18(9-12-30)34-23-7-6-19(33-2)14-20(23)26/h6-7,14,17-18H,3-5,8-13,15H2,1-2H3,(H,27,28). The van der Waals surface area contributed by atoms with Crippen LogP contribution in [0.25, 0.3) is 0 Å². The van der Waals surface area contributed by atoms with E-state index in [0.29, 0.717) is 24.9 Å². The molecular weight excluding hydrogens is 437 g/mol. The molecule has 0 atom stereocenters. The first-order valence-corrected chi connectivity index (χ1v) is 12.2. The van der Waals surface area contributed by atoms with Crippen LogP contribution < -0.4 is 19.7 Å². The molecule has 1 aromatic carbocycles. The molecule has 1 saturated carbocycles. The predicted molar refractivity (Wildman–Crippen MR) is 127 cm³/mol. The molecule has 1 amide bonds. The van der Waals surface area contributed by atoms with E-state index in [4.69, 9.17) is 19.4 Å². The minimum absolute atomic E-state index is 0.0584. The van der Waals surface area contributed by atoms with E-state index in [1.54, 1.807) is 19.1 Å². The maximum Gasteiger partial charge on any atom is 0.219 e. The number of carbonyl (C=O) groups excluding carboxylic acids is 1. The summed E-state index contributed by atoms with van der Waals surface area (Å²) in [6.07, 6.45) is 5.71. The zero-order valence-electron chi connectivity index (χ0n) is 19.8. The zero-order chi connectivity index (χ0) is 23.7. The molecule has 1 aliphatic carbocycles. The lowest BCUT2D eigenvalue weighted by molar-refractivity contribution is -0.129. The molecule has 2 aromatic rings. The summed E-state index contributed by atoms with van der Waals surface area (Å²) in [6.45, 7) is 4.31. The van der Waals surface area contributed by atoms with Crippen LogP contribution in [0.15, 0.2) is 18.2 Å². The van der Waals surface area contributed by atoms with Gasteiger partial charge in [-0.15, -0.1) is 0 Å².